The Balaban J connectivity index is 2.11. The molecule has 0 bridgehead atoms. The molecule has 25 heavy (non-hydrogen) atoms. The van der Waals surface area contributed by atoms with E-state index < -0.39 is 16.0 Å². The molecule has 0 atom stereocenters. The van der Waals surface area contributed by atoms with Crippen LogP contribution >= 0.6 is 0 Å². The number of nitrogens with one attached hydrogen (secondary N) is 1. The second-order valence-corrected chi connectivity index (χ2v) is 7.22. The van der Waals surface area contributed by atoms with Crippen LogP contribution in [0.2, 0.25) is 0 Å². The molecule has 1 N–H and O–H groups in total. The molecule has 2 aromatic rings. The van der Waals surface area contributed by atoms with Crippen LogP contribution in [0.15, 0.2) is 53.4 Å². The number of ether oxygens (including phenoxy) is 2. The highest BCUT2D eigenvalue weighted by Crippen LogP contribution is 2.20. The van der Waals surface area contributed by atoms with Crippen molar-refractivity contribution in [3.05, 3.63) is 54.1 Å². The van der Waals surface area contributed by atoms with E-state index in [1.165, 1.54) is 36.4 Å². The molecule has 6 nitrogen and oxygen atoms in total. The Labute approximate surface area is 147 Å². The highest BCUT2D eigenvalue weighted by Gasteiger charge is 2.15. The monoisotopic (exact) mass is 363 g/mol. The maximum atomic E-state index is 12.4. The molecule has 0 radical (unpaired) electrons. The lowest BCUT2D eigenvalue weighted by Gasteiger charge is -2.11. The summed E-state index contributed by atoms with van der Waals surface area (Å²) >= 11 is 0. The Kier molecular flexibility index (Phi) is 6.03. The van der Waals surface area contributed by atoms with E-state index in [9.17, 15) is 13.2 Å². The number of carbonyl (C=O) groups excluding carboxylic acids is 1. The lowest BCUT2D eigenvalue weighted by atomic mass is 10.2. The lowest BCUT2D eigenvalue weighted by molar-refractivity contribution is 0.0526. The molecule has 2 rings (SSSR count). The molecule has 134 valence electrons. The Bertz CT molecular complexity index is 812. The topological polar surface area (TPSA) is 81.7 Å². The third-order valence-corrected chi connectivity index (χ3v) is 4.55. The zero-order valence-electron chi connectivity index (χ0n) is 14.4. The Morgan fingerprint density at radius 3 is 2.16 bits per heavy atom. The average Bonchev–Trinajstić information content (AvgIpc) is 2.55. The van der Waals surface area contributed by atoms with Gasteiger partial charge in [-0.15, -0.1) is 0 Å². The molecule has 0 aliphatic heterocycles. The van der Waals surface area contributed by atoms with Crippen LogP contribution in [0, 0.1) is 0 Å². The van der Waals surface area contributed by atoms with Gasteiger partial charge in [-0.1, -0.05) is 0 Å². The van der Waals surface area contributed by atoms with Crippen LogP contribution in [-0.2, 0) is 14.8 Å². The molecule has 0 saturated heterocycles. The zero-order chi connectivity index (χ0) is 18.4. The molecule has 0 unspecified atom stereocenters. The number of esters is 1. The van der Waals surface area contributed by atoms with E-state index >= 15 is 0 Å². The fraction of sp³-hybridized carbons (Fsp3) is 0.278. The van der Waals surface area contributed by atoms with Gasteiger partial charge in [0.15, 0.2) is 0 Å². The quantitative estimate of drug-likeness (QED) is 0.762. The SMILES string of the molecule is CCOC(=O)c1ccc(NS(=O)(=O)c2ccc(OC(C)C)cc2)cc1. The van der Waals surface area contributed by atoms with Crippen molar-refractivity contribution in [2.75, 3.05) is 11.3 Å². The van der Waals surface area contributed by atoms with Crippen LogP contribution in [0.5, 0.6) is 5.75 Å². The van der Waals surface area contributed by atoms with Gasteiger partial charge in [-0.25, -0.2) is 13.2 Å². The van der Waals surface area contributed by atoms with Gasteiger partial charge >= 0.3 is 5.97 Å². The van der Waals surface area contributed by atoms with Gasteiger partial charge in [0.2, 0.25) is 0 Å². The van der Waals surface area contributed by atoms with Gasteiger partial charge in [0.1, 0.15) is 5.75 Å². The number of benzene rings is 2. The van der Waals surface area contributed by atoms with Crippen LogP contribution < -0.4 is 9.46 Å². The van der Waals surface area contributed by atoms with Crippen LogP contribution in [0.3, 0.4) is 0 Å². The van der Waals surface area contributed by atoms with Gasteiger partial charge in [-0.3, -0.25) is 4.72 Å². The summed E-state index contributed by atoms with van der Waals surface area (Å²) in [6, 6.07) is 12.2. The van der Waals surface area contributed by atoms with E-state index in [1.807, 2.05) is 13.8 Å². The maximum absolute atomic E-state index is 12.4. The number of sulfonamides is 1. The first-order valence-electron chi connectivity index (χ1n) is 7.88. The third kappa shape index (κ3) is 5.22. The lowest BCUT2D eigenvalue weighted by Crippen LogP contribution is -2.13. The Morgan fingerprint density at radius 1 is 1.04 bits per heavy atom. The van der Waals surface area contributed by atoms with Gasteiger partial charge in [-0.2, -0.15) is 0 Å². The van der Waals surface area contributed by atoms with Gasteiger partial charge in [-0.05, 0) is 69.3 Å². The fourth-order valence-electron chi connectivity index (χ4n) is 2.07. The summed E-state index contributed by atoms with van der Waals surface area (Å²) in [5.41, 5.74) is 0.718. The second kappa shape index (κ2) is 8.02. The van der Waals surface area contributed by atoms with Crippen molar-refractivity contribution in [2.24, 2.45) is 0 Å². The molecular formula is C18H21NO5S. The van der Waals surface area contributed by atoms with Crippen LogP contribution in [0.1, 0.15) is 31.1 Å². The Hall–Kier alpha value is -2.54. The molecule has 0 aliphatic carbocycles. The molecular weight excluding hydrogens is 342 g/mol. The molecule has 0 aromatic heterocycles. The van der Waals surface area contributed by atoms with Crippen molar-refractivity contribution < 1.29 is 22.7 Å². The first-order chi connectivity index (χ1) is 11.8. The average molecular weight is 363 g/mol. The Morgan fingerprint density at radius 2 is 1.64 bits per heavy atom. The molecule has 7 heteroatoms. The van der Waals surface area contributed by atoms with E-state index in [-0.39, 0.29) is 17.6 Å². The van der Waals surface area contributed by atoms with Crippen molar-refractivity contribution in [3.63, 3.8) is 0 Å². The summed E-state index contributed by atoms with van der Waals surface area (Å²) in [6.07, 6.45) is 0.0125. The predicted molar refractivity (Wildman–Crippen MR) is 95.4 cm³/mol. The predicted octanol–water partition coefficient (Wildman–Crippen LogP) is 3.45. The summed E-state index contributed by atoms with van der Waals surface area (Å²) in [5, 5.41) is 0. The summed E-state index contributed by atoms with van der Waals surface area (Å²) in [4.78, 5) is 11.7. The number of rotatable bonds is 7. The summed E-state index contributed by atoms with van der Waals surface area (Å²) in [6.45, 7) is 5.79. The highest BCUT2D eigenvalue weighted by atomic mass is 32.2. The first kappa shape index (κ1) is 18.8. The van der Waals surface area contributed by atoms with Gasteiger partial charge in [0.25, 0.3) is 10.0 Å². The number of hydrogen-bond donors (Lipinski definition) is 1. The number of carbonyl (C=O) groups is 1. The van der Waals surface area contributed by atoms with E-state index in [4.69, 9.17) is 9.47 Å². The largest absolute Gasteiger partial charge is 0.491 e. The van der Waals surface area contributed by atoms with E-state index in [0.717, 1.165) is 0 Å². The fourth-order valence-corrected chi connectivity index (χ4v) is 3.13. The second-order valence-electron chi connectivity index (χ2n) is 5.54. The standard InChI is InChI=1S/C18H21NO5S/c1-4-23-18(20)14-5-7-15(8-6-14)19-25(21,22)17-11-9-16(10-12-17)24-13(2)3/h5-13,19H,4H2,1-3H3. The third-order valence-electron chi connectivity index (χ3n) is 3.15. The molecule has 2 aromatic carbocycles. The number of anilines is 1. The van der Waals surface area contributed by atoms with Crippen molar-refractivity contribution >= 4 is 21.7 Å². The minimum absolute atomic E-state index is 0.0125. The first-order valence-corrected chi connectivity index (χ1v) is 9.37. The molecule has 0 aliphatic rings. The molecule has 0 fully saturated rings. The molecule has 0 amide bonds. The van der Waals surface area contributed by atoms with Crippen LogP contribution in [-0.4, -0.2) is 27.1 Å². The minimum atomic E-state index is -3.72. The van der Waals surface area contributed by atoms with Crippen molar-refractivity contribution in [1.29, 1.82) is 0 Å². The van der Waals surface area contributed by atoms with Crippen molar-refractivity contribution in [3.8, 4) is 5.75 Å². The normalized spacial score (nSPS) is 11.2. The molecule has 0 spiro atoms. The molecule has 0 heterocycles. The zero-order valence-corrected chi connectivity index (χ0v) is 15.2. The van der Waals surface area contributed by atoms with Crippen LogP contribution in [0.4, 0.5) is 5.69 Å². The smallest absolute Gasteiger partial charge is 0.338 e. The van der Waals surface area contributed by atoms with Crippen molar-refractivity contribution in [1.82, 2.24) is 0 Å². The molecule has 0 saturated carbocycles. The van der Waals surface area contributed by atoms with Crippen molar-refractivity contribution in [2.45, 2.75) is 31.8 Å². The minimum Gasteiger partial charge on any atom is -0.491 e. The van der Waals surface area contributed by atoms with Gasteiger partial charge in [0.05, 0.1) is 23.2 Å². The van der Waals surface area contributed by atoms with Gasteiger partial charge in [0, 0.05) is 5.69 Å². The highest BCUT2D eigenvalue weighted by molar-refractivity contribution is 7.92. The van der Waals surface area contributed by atoms with E-state index in [0.29, 0.717) is 17.0 Å². The number of hydrogen-bond acceptors (Lipinski definition) is 5. The van der Waals surface area contributed by atoms with E-state index in [1.54, 1.807) is 19.1 Å². The summed E-state index contributed by atoms with van der Waals surface area (Å²) in [5.74, 6) is 0.158. The van der Waals surface area contributed by atoms with Crippen LogP contribution in [0.25, 0.3) is 0 Å². The van der Waals surface area contributed by atoms with E-state index in [2.05, 4.69) is 4.72 Å². The summed E-state index contributed by atoms with van der Waals surface area (Å²) in [7, 11) is -3.72. The summed E-state index contributed by atoms with van der Waals surface area (Å²) < 4.78 is 37.7. The van der Waals surface area contributed by atoms with Gasteiger partial charge < -0.3 is 9.47 Å². The maximum Gasteiger partial charge on any atom is 0.338 e.